The normalized spacial score (nSPS) is 14.1. The molecular weight excluding hydrogens is 340 g/mol. The van der Waals surface area contributed by atoms with Crippen LogP contribution in [0.5, 0.6) is 0 Å². The number of para-hydroxylation sites is 1. The monoisotopic (exact) mass is 358 g/mol. The van der Waals surface area contributed by atoms with Crippen LogP contribution < -0.4 is 0 Å². The first-order valence-electron chi connectivity index (χ1n) is 8.72. The molecule has 0 unspecified atom stereocenters. The quantitative estimate of drug-likeness (QED) is 0.701. The van der Waals surface area contributed by atoms with Crippen molar-refractivity contribution < 1.29 is 14.7 Å². The van der Waals surface area contributed by atoms with Gasteiger partial charge < -0.3 is 15.0 Å². The van der Waals surface area contributed by atoms with Gasteiger partial charge in [-0.05, 0) is 29.7 Å². The minimum atomic E-state index is -1.06. The smallest absolute Gasteiger partial charge is 0.339 e. The molecular formula is C22H18N2O3. The highest BCUT2D eigenvalue weighted by atomic mass is 16.4. The number of amides is 1. The van der Waals surface area contributed by atoms with Gasteiger partial charge in [0.2, 0.25) is 0 Å². The molecule has 0 fully saturated rings. The van der Waals surface area contributed by atoms with Gasteiger partial charge in [-0.15, -0.1) is 0 Å². The second-order valence-electron chi connectivity index (χ2n) is 6.40. The van der Waals surface area contributed by atoms with E-state index >= 15 is 0 Å². The van der Waals surface area contributed by atoms with Gasteiger partial charge in [-0.25, -0.2) is 4.79 Å². The maximum atomic E-state index is 12.6. The number of carbonyl (C=O) groups is 2. The topological polar surface area (TPSA) is 73.4 Å². The summed E-state index contributed by atoms with van der Waals surface area (Å²) in [7, 11) is 0. The number of H-pyrrole nitrogens is 1. The summed E-state index contributed by atoms with van der Waals surface area (Å²) < 4.78 is 0. The summed E-state index contributed by atoms with van der Waals surface area (Å²) in [6.07, 6.45) is 5.22. The third-order valence-electron chi connectivity index (χ3n) is 4.70. The van der Waals surface area contributed by atoms with Gasteiger partial charge in [-0.3, -0.25) is 4.79 Å². The number of carboxylic acid groups (broad SMARTS) is 1. The maximum absolute atomic E-state index is 12.6. The van der Waals surface area contributed by atoms with E-state index in [0.717, 1.165) is 22.0 Å². The largest absolute Gasteiger partial charge is 0.478 e. The van der Waals surface area contributed by atoms with Crippen LogP contribution in [0.25, 0.3) is 22.6 Å². The summed E-state index contributed by atoms with van der Waals surface area (Å²) in [5, 5.41) is 10.7. The molecule has 0 atom stereocenters. The Morgan fingerprint density at radius 1 is 1.04 bits per heavy atom. The summed E-state index contributed by atoms with van der Waals surface area (Å²) in [6.45, 7) is 0.420. The maximum Gasteiger partial charge on any atom is 0.339 e. The molecule has 0 bridgehead atoms. The molecule has 0 aliphatic carbocycles. The van der Waals surface area contributed by atoms with E-state index in [0.29, 0.717) is 18.7 Å². The van der Waals surface area contributed by atoms with E-state index in [9.17, 15) is 14.7 Å². The number of nitrogens with zero attached hydrogens (tertiary/aromatic N) is 1. The molecule has 4 rings (SSSR count). The van der Waals surface area contributed by atoms with Crippen LogP contribution in [-0.4, -0.2) is 33.4 Å². The number of carboxylic acids is 1. The molecule has 0 saturated carbocycles. The van der Waals surface area contributed by atoms with Gasteiger partial charge in [0.05, 0.1) is 11.3 Å². The van der Waals surface area contributed by atoms with E-state index in [1.54, 1.807) is 6.08 Å². The lowest BCUT2D eigenvalue weighted by atomic mass is 10.0. The molecule has 1 aliphatic rings. The summed E-state index contributed by atoms with van der Waals surface area (Å²) in [5.74, 6) is -1.30. The number of benzene rings is 2. The fraction of sp³-hybridized carbons (Fsp3) is 0.0909. The van der Waals surface area contributed by atoms with Crippen LogP contribution >= 0.6 is 0 Å². The molecule has 27 heavy (non-hydrogen) atoms. The predicted octanol–water partition coefficient (Wildman–Crippen LogP) is 3.69. The minimum Gasteiger partial charge on any atom is -0.478 e. The zero-order valence-corrected chi connectivity index (χ0v) is 14.6. The number of hydrogen-bond acceptors (Lipinski definition) is 2. The number of nitrogens with one attached hydrogen (secondary N) is 1. The Hall–Kier alpha value is -3.60. The van der Waals surface area contributed by atoms with Crippen molar-refractivity contribution in [2.24, 2.45) is 0 Å². The Kier molecular flexibility index (Phi) is 4.34. The number of carbonyl (C=O) groups excluding carboxylic acids is 1. The van der Waals surface area contributed by atoms with Crippen molar-refractivity contribution in [2.75, 3.05) is 6.54 Å². The molecule has 3 aromatic rings. The van der Waals surface area contributed by atoms with Crippen LogP contribution in [0.1, 0.15) is 16.8 Å². The third-order valence-corrected chi connectivity index (χ3v) is 4.70. The number of aromatic amines is 1. The van der Waals surface area contributed by atoms with E-state index in [1.807, 2.05) is 54.6 Å². The van der Waals surface area contributed by atoms with Gasteiger partial charge in [0.1, 0.15) is 0 Å². The number of hydrogen-bond donors (Lipinski definition) is 2. The first-order valence-corrected chi connectivity index (χ1v) is 8.72. The average Bonchev–Trinajstić information content (AvgIpc) is 2.94. The molecule has 0 saturated heterocycles. The first-order chi connectivity index (χ1) is 13.1. The van der Waals surface area contributed by atoms with Crippen molar-refractivity contribution >= 4 is 34.4 Å². The molecule has 1 aromatic heterocycles. The Bertz CT molecular complexity index is 1080. The summed E-state index contributed by atoms with van der Waals surface area (Å²) in [6, 6.07) is 17.2. The van der Waals surface area contributed by atoms with E-state index in [1.165, 1.54) is 17.2 Å². The van der Waals surface area contributed by atoms with E-state index < -0.39 is 5.97 Å². The van der Waals surface area contributed by atoms with Crippen molar-refractivity contribution in [3.8, 4) is 0 Å². The van der Waals surface area contributed by atoms with Gasteiger partial charge in [-0.2, -0.15) is 0 Å². The van der Waals surface area contributed by atoms with Gasteiger partial charge >= 0.3 is 5.97 Å². The first kappa shape index (κ1) is 16.8. The fourth-order valence-corrected chi connectivity index (χ4v) is 3.37. The Labute approximate surface area is 156 Å². The van der Waals surface area contributed by atoms with Crippen molar-refractivity contribution in [3.63, 3.8) is 0 Å². The molecule has 0 spiro atoms. The van der Waals surface area contributed by atoms with Crippen molar-refractivity contribution in [1.29, 1.82) is 0 Å². The van der Waals surface area contributed by atoms with Gasteiger partial charge in [0, 0.05) is 29.7 Å². The minimum absolute atomic E-state index is 0.0974. The highest BCUT2D eigenvalue weighted by Gasteiger charge is 2.25. The van der Waals surface area contributed by atoms with Crippen LogP contribution in [0.4, 0.5) is 0 Å². The van der Waals surface area contributed by atoms with E-state index in [-0.39, 0.29) is 11.5 Å². The van der Waals surface area contributed by atoms with E-state index in [2.05, 4.69) is 4.98 Å². The Morgan fingerprint density at radius 3 is 2.56 bits per heavy atom. The number of aromatic nitrogens is 1. The van der Waals surface area contributed by atoms with Crippen molar-refractivity contribution in [1.82, 2.24) is 9.88 Å². The second kappa shape index (κ2) is 6.96. The predicted molar refractivity (Wildman–Crippen MR) is 105 cm³/mol. The summed E-state index contributed by atoms with van der Waals surface area (Å²) >= 11 is 0. The van der Waals surface area contributed by atoms with Crippen LogP contribution in [-0.2, 0) is 16.0 Å². The van der Waals surface area contributed by atoms with Crippen LogP contribution in [0.15, 0.2) is 66.9 Å². The summed E-state index contributed by atoms with van der Waals surface area (Å²) in [5.41, 5.74) is 3.42. The fourth-order valence-electron chi connectivity index (χ4n) is 3.37. The molecule has 2 aromatic carbocycles. The molecule has 1 amide bonds. The molecule has 0 radical (unpaired) electrons. The molecule has 1 aliphatic heterocycles. The lowest BCUT2D eigenvalue weighted by Gasteiger charge is -2.15. The Morgan fingerprint density at radius 2 is 1.78 bits per heavy atom. The lowest BCUT2D eigenvalue weighted by Crippen LogP contribution is -2.26. The van der Waals surface area contributed by atoms with E-state index in [4.69, 9.17) is 0 Å². The average molecular weight is 358 g/mol. The third kappa shape index (κ3) is 3.27. The summed E-state index contributed by atoms with van der Waals surface area (Å²) in [4.78, 5) is 29.1. The van der Waals surface area contributed by atoms with Gasteiger partial charge in [0.15, 0.2) is 0 Å². The van der Waals surface area contributed by atoms with Crippen LogP contribution in [0, 0.1) is 0 Å². The zero-order valence-electron chi connectivity index (χ0n) is 14.6. The van der Waals surface area contributed by atoms with Gasteiger partial charge in [0.25, 0.3) is 5.91 Å². The number of fused-ring (bicyclic) bond motifs is 3. The van der Waals surface area contributed by atoms with Crippen LogP contribution in [0.2, 0.25) is 0 Å². The standard InChI is InChI=1S/C22H18N2O3/c25-20(11-10-15-6-2-1-3-7-15)24-13-12-17-16-8-4-5-9-19(16)23-21(17)18(14-24)22(26)27/h1-11,14,23H,12-13H2,(H,26,27). The molecule has 2 heterocycles. The number of aliphatic carboxylic acids is 1. The van der Waals surface area contributed by atoms with Crippen molar-refractivity contribution in [2.45, 2.75) is 6.42 Å². The molecule has 2 N–H and O–H groups in total. The SMILES string of the molecule is O=C(O)C1=CN(C(=O)C=Cc2ccccc2)CCc2c1[nH]c1ccccc21. The molecule has 134 valence electrons. The highest BCUT2D eigenvalue weighted by molar-refractivity contribution is 6.17. The zero-order chi connectivity index (χ0) is 18.8. The second-order valence-corrected chi connectivity index (χ2v) is 6.40. The molecule has 5 nitrogen and oxygen atoms in total. The van der Waals surface area contributed by atoms with Gasteiger partial charge in [-0.1, -0.05) is 48.5 Å². The Balaban J connectivity index is 1.68. The van der Waals surface area contributed by atoms with Crippen molar-refractivity contribution in [3.05, 3.63) is 83.7 Å². The lowest BCUT2D eigenvalue weighted by molar-refractivity contribution is -0.130. The molecule has 5 heteroatoms. The highest BCUT2D eigenvalue weighted by Crippen LogP contribution is 2.30. The number of rotatable bonds is 3. The van der Waals surface area contributed by atoms with Crippen LogP contribution in [0.3, 0.4) is 0 Å².